The van der Waals surface area contributed by atoms with Crippen LogP contribution in [0.4, 0.5) is 4.79 Å². The molecule has 0 radical (unpaired) electrons. The van der Waals surface area contributed by atoms with E-state index in [1.54, 1.807) is 0 Å². The van der Waals surface area contributed by atoms with Crippen molar-refractivity contribution >= 4 is 17.7 Å². The molecule has 23 heavy (non-hydrogen) atoms. The van der Waals surface area contributed by atoms with Gasteiger partial charge in [0.2, 0.25) is 5.91 Å². The third-order valence-electron chi connectivity index (χ3n) is 4.84. The third kappa shape index (κ3) is 5.20. The second-order valence-electron chi connectivity index (χ2n) is 7.15. The molecular formula is C16H30N4O3. The lowest BCUT2D eigenvalue weighted by molar-refractivity contribution is -0.132. The molecule has 132 valence electrons. The van der Waals surface area contributed by atoms with E-state index in [-0.39, 0.29) is 23.0 Å². The van der Waals surface area contributed by atoms with E-state index in [4.69, 9.17) is 11.5 Å². The summed E-state index contributed by atoms with van der Waals surface area (Å²) in [4.78, 5) is 35.6. The Labute approximate surface area is 137 Å². The van der Waals surface area contributed by atoms with E-state index < -0.39 is 18.1 Å². The van der Waals surface area contributed by atoms with Crippen molar-refractivity contribution in [2.75, 3.05) is 6.54 Å². The van der Waals surface area contributed by atoms with Gasteiger partial charge in [0, 0.05) is 12.0 Å². The van der Waals surface area contributed by atoms with E-state index in [1.165, 1.54) is 0 Å². The first-order valence-electron chi connectivity index (χ1n) is 8.23. The van der Waals surface area contributed by atoms with Gasteiger partial charge in [-0.05, 0) is 31.1 Å². The minimum Gasteiger partial charge on any atom is -0.352 e. The topological polar surface area (TPSA) is 127 Å². The lowest BCUT2D eigenvalue weighted by Crippen LogP contribution is -2.51. The van der Waals surface area contributed by atoms with Crippen LogP contribution in [0.3, 0.4) is 0 Å². The number of rotatable bonds is 9. The zero-order valence-corrected chi connectivity index (χ0v) is 14.5. The van der Waals surface area contributed by atoms with Gasteiger partial charge in [0.25, 0.3) is 0 Å². The number of primary amides is 1. The maximum atomic E-state index is 12.7. The average molecular weight is 326 g/mol. The second-order valence-corrected chi connectivity index (χ2v) is 7.15. The largest absolute Gasteiger partial charge is 0.352 e. The molecule has 4 atom stereocenters. The van der Waals surface area contributed by atoms with Crippen LogP contribution in [0.5, 0.6) is 0 Å². The third-order valence-corrected chi connectivity index (χ3v) is 4.84. The van der Waals surface area contributed by atoms with Crippen LogP contribution in [-0.4, -0.2) is 36.3 Å². The van der Waals surface area contributed by atoms with Crippen LogP contribution < -0.4 is 22.1 Å². The van der Waals surface area contributed by atoms with Crippen LogP contribution in [0.2, 0.25) is 0 Å². The molecule has 7 heteroatoms. The van der Waals surface area contributed by atoms with Gasteiger partial charge in [0.05, 0.1) is 12.1 Å². The molecule has 1 fully saturated rings. The van der Waals surface area contributed by atoms with Crippen LogP contribution in [0.25, 0.3) is 0 Å². The Morgan fingerprint density at radius 3 is 2.30 bits per heavy atom. The van der Waals surface area contributed by atoms with Crippen molar-refractivity contribution < 1.29 is 14.4 Å². The maximum Gasteiger partial charge on any atom is 0.312 e. The summed E-state index contributed by atoms with van der Waals surface area (Å²) in [5, 5.41) is 5.28. The first kappa shape index (κ1) is 19.4. The Morgan fingerprint density at radius 2 is 1.87 bits per heavy atom. The lowest BCUT2D eigenvalue weighted by Gasteiger charge is -2.24. The van der Waals surface area contributed by atoms with Gasteiger partial charge in [0.15, 0.2) is 5.78 Å². The zero-order valence-electron chi connectivity index (χ0n) is 14.5. The first-order chi connectivity index (χ1) is 10.6. The van der Waals surface area contributed by atoms with E-state index in [0.717, 1.165) is 6.42 Å². The van der Waals surface area contributed by atoms with E-state index in [9.17, 15) is 14.4 Å². The molecule has 1 aliphatic rings. The molecule has 1 aliphatic carbocycles. The van der Waals surface area contributed by atoms with Gasteiger partial charge in [0.1, 0.15) is 0 Å². The summed E-state index contributed by atoms with van der Waals surface area (Å²) in [6.45, 7) is 8.07. The molecule has 7 nitrogen and oxygen atoms in total. The van der Waals surface area contributed by atoms with Gasteiger partial charge < -0.3 is 22.1 Å². The van der Waals surface area contributed by atoms with Crippen molar-refractivity contribution in [2.24, 2.45) is 28.7 Å². The Balaban J connectivity index is 2.66. The Hall–Kier alpha value is -1.63. The molecular weight excluding hydrogens is 296 g/mol. The fraction of sp³-hybridized carbons (Fsp3) is 0.812. The van der Waals surface area contributed by atoms with Crippen molar-refractivity contribution in [3.8, 4) is 0 Å². The number of nitrogens with one attached hydrogen (secondary N) is 2. The number of ketones is 1. The van der Waals surface area contributed by atoms with Crippen LogP contribution in [-0.2, 0) is 9.59 Å². The molecule has 6 N–H and O–H groups in total. The molecule has 0 bridgehead atoms. The van der Waals surface area contributed by atoms with Crippen molar-refractivity contribution in [3.05, 3.63) is 0 Å². The summed E-state index contributed by atoms with van der Waals surface area (Å²) in [5.74, 6) is 0.0705. The van der Waals surface area contributed by atoms with Gasteiger partial charge in [-0.25, -0.2) is 4.79 Å². The molecule has 1 rings (SSSR count). The summed E-state index contributed by atoms with van der Waals surface area (Å²) >= 11 is 0. The molecule has 0 aromatic rings. The van der Waals surface area contributed by atoms with Gasteiger partial charge in [-0.15, -0.1) is 0 Å². The van der Waals surface area contributed by atoms with Crippen molar-refractivity contribution in [1.82, 2.24) is 10.6 Å². The Kier molecular flexibility index (Phi) is 6.56. The number of amides is 3. The molecule has 0 saturated heterocycles. The number of carbonyl (C=O) groups excluding carboxylic acids is 3. The molecule has 0 aromatic heterocycles. The van der Waals surface area contributed by atoms with Crippen LogP contribution >= 0.6 is 0 Å². The molecule has 0 aliphatic heterocycles. The fourth-order valence-electron chi connectivity index (χ4n) is 2.68. The minimum absolute atomic E-state index is 0.00212. The van der Waals surface area contributed by atoms with Gasteiger partial charge >= 0.3 is 6.03 Å². The zero-order chi connectivity index (χ0) is 17.8. The number of nitrogens with two attached hydrogens (primary N) is 2. The monoisotopic (exact) mass is 326 g/mol. The first-order valence-corrected chi connectivity index (χ1v) is 8.23. The SMILES string of the molecule is CC(C)[C@H](N)C(=O)N[C@@H](CCCNC(N)=O)C(=O)C1(C)C[C@@H]1C. The highest BCUT2D eigenvalue weighted by molar-refractivity contribution is 5.95. The van der Waals surface area contributed by atoms with Crippen LogP contribution in [0.1, 0.15) is 47.0 Å². The van der Waals surface area contributed by atoms with Crippen LogP contribution in [0.15, 0.2) is 0 Å². The molecule has 0 heterocycles. The molecule has 1 unspecified atom stereocenters. The molecule has 3 amide bonds. The van der Waals surface area contributed by atoms with Crippen LogP contribution in [0, 0.1) is 17.3 Å². The lowest BCUT2D eigenvalue weighted by atomic mass is 9.91. The maximum absolute atomic E-state index is 12.7. The predicted octanol–water partition coefficient (Wildman–Crippen LogP) is 0.518. The standard InChI is InChI=1S/C16H30N4O3/c1-9(2)12(17)14(22)20-11(6-5-7-19-15(18)23)13(21)16(4)8-10(16)3/h9-12H,5-8,17H2,1-4H3,(H,20,22)(H3,18,19,23)/t10-,11-,12-,16?/m0/s1. The fourth-order valence-corrected chi connectivity index (χ4v) is 2.68. The number of carbonyl (C=O) groups is 3. The summed E-state index contributed by atoms with van der Waals surface area (Å²) < 4.78 is 0. The molecule has 1 saturated carbocycles. The Bertz CT molecular complexity index is 466. The van der Waals surface area contributed by atoms with Crippen molar-refractivity contribution in [1.29, 1.82) is 0 Å². The summed E-state index contributed by atoms with van der Waals surface area (Å²) in [5.41, 5.74) is 10.5. The van der Waals surface area contributed by atoms with E-state index in [1.807, 2.05) is 27.7 Å². The van der Waals surface area contributed by atoms with E-state index >= 15 is 0 Å². The summed E-state index contributed by atoms with van der Waals surface area (Å²) in [7, 11) is 0. The number of hydrogen-bond donors (Lipinski definition) is 4. The van der Waals surface area contributed by atoms with Gasteiger partial charge in [-0.2, -0.15) is 0 Å². The number of Topliss-reactive ketones (excluding diaryl/α,β-unsaturated/α-hetero) is 1. The smallest absolute Gasteiger partial charge is 0.312 e. The highest BCUT2D eigenvalue weighted by Gasteiger charge is 2.54. The second kappa shape index (κ2) is 7.77. The minimum atomic E-state index is -0.640. The Morgan fingerprint density at radius 1 is 1.30 bits per heavy atom. The normalized spacial score (nSPS) is 25.6. The molecule has 0 spiro atoms. The number of urea groups is 1. The van der Waals surface area contributed by atoms with Gasteiger partial charge in [-0.1, -0.05) is 27.7 Å². The average Bonchev–Trinajstić information content (AvgIpc) is 3.08. The van der Waals surface area contributed by atoms with Gasteiger partial charge in [-0.3, -0.25) is 9.59 Å². The predicted molar refractivity (Wildman–Crippen MR) is 88.5 cm³/mol. The highest BCUT2D eigenvalue weighted by Crippen LogP contribution is 2.53. The molecule has 0 aromatic carbocycles. The summed E-state index contributed by atoms with van der Waals surface area (Å²) in [6, 6.07) is -1.81. The van der Waals surface area contributed by atoms with E-state index in [0.29, 0.717) is 25.3 Å². The summed E-state index contributed by atoms with van der Waals surface area (Å²) in [6.07, 6.45) is 1.85. The highest BCUT2D eigenvalue weighted by atomic mass is 16.2. The number of hydrogen-bond acceptors (Lipinski definition) is 4. The quantitative estimate of drug-likeness (QED) is 0.460. The van der Waals surface area contributed by atoms with Crippen molar-refractivity contribution in [2.45, 2.75) is 59.0 Å². The van der Waals surface area contributed by atoms with Crippen molar-refractivity contribution in [3.63, 3.8) is 0 Å². The van der Waals surface area contributed by atoms with E-state index in [2.05, 4.69) is 10.6 Å².